The molecule has 2 heterocycles. The Morgan fingerprint density at radius 3 is 2.62 bits per heavy atom. The van der Waals surface area contributed by atoms with Gasteiger partial charge in [-0.3, -0.25) is 9.48 Å². The Labute approximate surface area is 100 Å². The van der Waals surface area contributed by atoms with Crippen molar-refractivity contribution in [1.82, 2.24) is 14.7 Å². The molecule has 1 atom stereocenters. The van der Waals surface area contributed by atoms with Gasteiger partial charge in [0.1, 0.15) is 6.04 Å². The molecule has 1 saturated heterocycles. The normalized spacial score (nSPS) is 17.8. The molecule has 1 unspecified atom stereocenters. The van der Waals surface area contributed by atoms with Crippen molar-refractivity contribution in [3.63, 3.8) is 0 Å². The minimum atomic E-state index is -0.259. The summed E-state index contributed by atoms with van der Waals surface area (Å²) in [5.41, 5.74) is 0.849. The van der Waals surface area contributed by atoms with Gasteiger partial charge in [0.15, 0.2) is 0 Å². The highest BCUT2D eigenvalue weighted by atomic mass is 35.5. The minimum absolute atomic E-state index is 0.139. The van der Waals surface area contributed by atoms with Gasteiger partial charge in [-0.25, -0.2) is 0 Å². The van der Waals surface area contributed by atoms with Gasteiger partial charge in [-0.05, 0) is 26.7 Å². The summed E-state index contributed by atoms with van der Waals surface area (Å²) in [5, 5.41) is 4.76. The molecule has 2 rings (SSSR count). The van der Waals surface area contributed by atoms with Crippen LogP contribution in [0.1, 0.15) is 31.5 Å². The lowest BCUT2D eigenvalue weighted by Crippen LogP contribution is -2.34. The summed E-state index contributed by atoms with van der Waals surface area (Å²) >= 11 is 5.93. The number of aromatic nitrogens is 2. The summed E-state index contributed by atoms with van der Waals surface area (Å²) in [4.78, 5) is 14.0. The van der Waals surface area contributed by atoms with E-state index in [2.05, 4.69) is 5.10 Å². The van der Waals surface area contributed by atoms with Crippen molar-refractivity contribution in [2.75, 3.05) is 13.1 Å². The lowest BCUT2D eigenvalue weighted by atomic mass is 10.3. The van der Waals surface area contributed by atoms with Crippen LogP contribution in [0.4, 0.5) is 0 Å². The molecule has 0 aromatic carbocycles. The van der Waals surface area contributed by atoms with Gasteiger partial charge in [0.25, 0.3) is 0 Å². The largest absolute Gasteiger partial charge is 0.341 e. The predicted molar refractivity (Wildman–Crippen MR) is 62.5 cm³/mol. The first-order valence-corrected chi connectivity index (χ1v) is 5.97. The van der Waals surface area contributed by atoms with Crippen molar-refractivity contribution in [2.24, 2.45) is 0 Å². The number of amides is 1. The van der Waals surface area contributed by atoms with Gasteiger partial charge >= 0.3 is 0 Å². The molecule has 5 heteroatoms. The molecule has 0 aliphatic carbocycles. The second-order valence-electron chi connectivity index (χ2n) is 4.23. The molecule has 4 nitrogen and oxygen atoms in total. The minimum Gasteiger partial charge on any atom is -0.341 e. The number of nitrogens with zero attached hydrogens (tertiary/aromatic N) is 3. The van der Waals surface area contributed by atoms with Gasteiger partial charge in [-0.15, -0.1) is 0 Å². The Morgan fingerprint density at radius 2 is 2.12 bits per heavy atom. The molecule has 0 saturated carbocycles. The summed E-state index contributed by atoms with van der Waals surface area (Å²) < 4.78 is 1.70. The molecule has 1 aliphatic rings. The molecule has 88 valence electrons. The molecule has 0 spiro atoms. The quantitative estimate of drug-likeness (QED) is 0.795. The van der Waals surface area contributed by atoms with E-state index in [0.29, 0.717) is 5.02 Å². The summed E-state index contributed by atoms with van der Waals surface area (Å²) in [6.07, 6.45) is 3.80. The number of rotatable bonds is 2. The maximum atomic E-state index is 12.1. The molecule has 1 aliphatic heterocycles. The zero-order chi connectivity index (χ0) is 11.7. The van der Waals surface area contributed by atoms with E-state index in [1.54, 1.807) is 10.9 Å². The number of halogens is 1. The Morgan fingerprint density at radius 1 is 1.50 bits per heavy atom. The van der Waals surface area contributed by atoms with Crippen LogP contribution in [0.25, 0.3) is 0 Å². The highest BCUT2D eigenvalue weighted by molar-refractivity contribution is 6.31. The summed E-state index contributed by atoms with van der Waals surface area (Å²) in [6.45, 7) is 5.49. The Hall–Kier alpha value is -1.03. The number of likely N-dealkylation sites (tertiary alicyclic amines) is 1. The summed E-state index contributed by atoms with van der Waals surface area (Å²) in [6, 6.07) is -0.259. The van der Waals surface area contributed by atoms with E-state index in [-0.39, 0.29) is 11.9 Å². The second kappa shape index (κ2) is 4.45. The van der Waals surface area contributed by atoms with Crippen LogP contribution in [0.15, 0.2) is 6.20 Å². The van der Waals surface area contributed by atoms with Crippen LogP contribution in [-0.4, -0.2) is 33.7 Å². The van der Waals surface area contributed by atoms with E-state index in [9.17, 15) is 4.79 Å². The molecule has 16 heavy (non-hydrogen) atoms. The van der Waals surface area contributed by atoms with Crippen molar-refractivity contribution in [2.45, 2.75) is 32.7 Å². The predicted octanol–water partition coefficient (Wildman–Crippen LogP) is 2.03. The Balaban J connectivity index is 2.15. The lowest BCUT2D eigenvalue weighted by molar-refractivity contribution is -0.133. The van der Waals surface area contributed by atoms with Crippen LogP contribution < -0.4 is 0 Å². The van der Waals surface area contributed by atoms with Gasteiger partial charge in [0, 0.05) is 13.1 Å². The molecular formula is C11H16ClN3O. The number of hydrogen-bond donors (Lipinski definition) is 0. The number of carbonyl (C=O) groups is 1. The maximum absolute atomic E-state index is 12.1. The molecule has 1 aromatic rings. The summed E-state index contributed by atoms with van der Waals surface area (Å²) in [5.74, 6) is 0.139. The van der Waals surface area contributed by atoms with Crippen LogP contribution in [0.5, 0.6) is 0 Å². The molecule has 0 N–H and O–H groups in total. The highest BCUT2D eigenvalue weighted by Gasteiger charge is 2.25. The Kier molecular flexibility index (Phi) is 3.19. The first kappa shape index (κ1) is 11.5. The fraction of sp³-hybridized carbons (Fsp3) is 0.636. The Bertz CT molecular complexity index is 396. The molecule has 1 fully saturated rings. The van der Waals surface area contributed by atoms with Gasteiger partial charge in [-0.1, -0.05) is 11.6 Å². The topological polar surface area (TPSA) is 38.1 Å². The molecule has 1 amide bonds. The molecular weight excluding hydrogens is 226 g/mol. The SMILES string of the molecule is Cc1c(Cl)cnn1C(C)C(=O)N1CCCC1. The van der Waals surface area contributed by atoms with Crippen molar-refractivity contribution in [3.05, 3.63) is 16.9 Å². The smallest absolute Gasteiger partial charge is 0.247 e. The zero-order valence-electron chi connectivity index (χ0n) is 9.61. The van der Waals surface area contributed by atoms with Crippen LogP contribution >= 0.6 is 11.6 Å². The van der Waals surface area contributed by atoms with E-state index in [4.69, 9.17) is 11.6 Å². The van der Waals surface area contributed by atoms with Crippen molar-refractivity contribution in [3.8, 4) is 0 Å². The lowest BCUT2D eigenvalue weighted by Gasteiger charge is -2.21. The fourth-order valence-corrected chi connectivity index (χ4v) is 2.23. The van der Waals surface area contributed by atoms with Gasteiger partial charge in [0.2, 0.25) is 5.91 Å². The number of carbonyl (C=O) groups excluding carboxylic acids is 1. The first-order chi connectivity index (χ1) is 7.61. The highest BCUT2D eigenvalue weighted by Crippen LogP contribution is 2.20. The maximum Gasteiger partial charge on any atom is 0.247 e. The molecule has 0 bridgehead atoms. The van der Waals surface area contributed by atoms with Crippen LogP contribution in [0.2, 0.25) is 5.02 Å². The first-order valence-electron chi connectivity index (χ1n) is 5.59. The van der Waals surface area contributed by atoms with Crippen LogP contribution in [0.3, 0.4) is 0 Å². The molecule has 1 aromatic heterocycles. The van der Waals surface area contributed by atoms with E-state index < -0.39 is 0 Å². The van der Waals surface area contributed by atoms with Crippen LogP contribution in [-0.2, 0) is 4.79 Å². The van der Waals surface area contributed by atoms with Gasteiger partial charge in [0.05, 0.1) is 16.9 Å². The molecule has 0 radical (unpaired) electrons. The average Bonchev–Trinajstić information content (AvgIpc) is 2.89. The van der Waals surface area contributed by atoms with Gasteiger partial charge in [-0.2, -0.15) is 5.10 Å². The van der Waals surface area contributed by atoms with Gasteiger partial charge < -0.3 is 4.90 Å². The van der Waals surface area contributed by atoms with Crippen LogP contribution in [0, 0.1) is 6.92 Å². The standard InChI is InChI=1S/C11H16ClN3O/c1-8-10(12)7-13-15(8)9(2)11(16)14-5-3-4-6-14/h7,9H,3-6H2,1-2H3. The second-order valence-corrected chi connectivity index (χ2v) is 4.64. The van der Waals surface area contributed by atoms with E-state index in [1.807, 2.05) is 18.7 Å². The van der Waals surface area contributed by atoms with Crippen molar-refractivity contribution < 1.29 is 4.79 Å². The van der Waals surface area contributed by atoms with Crippen molar-refractivity contribution >= 4 is 17.5 Å². The monoisotopic (exact) mass is 241 g/mol. The van der Waals surface area contributed by atoms with Crippen molar-refractivity contribution in [1.29, 1.82) is 0 Å². The summed E-state index contributed by atoms with van der Waals surface area (Å²) in [7, 11) is 0. The zero-order valence-corrected chi connectivity index (χ0v) is 10.4. The third-order valence-corrected chi connectivity index (χ3v) is 3.50. The fourth-order valence-electron chi connectivity index (χ4n) is 2.10. The number of hydrogen-bond acceptors (Lipinski definition) is 2. The average molecular weight is 242 g/mol. The van der Waals surface area contributed by atoms with E-state index in [0.717, 1.165) is 31.6 Å². The third-order valence-electron chi connectivity index (χ3n) is 3.13. The third kappa shape index (κ3) is 1.94. The van der Waals surface area contributed by atoms with E-state index >= 15 is 0 Å². The van der Waals surface area contributed by atoms with E-state index in [1.165, 1.54) is 0 Å².